The Morgan fingerprint density at radius 2 is 1.74 bits per heavy atom. The smallest absolute Gasteiger partial charge is 0.380 e. The quantitative estimate of drug-likeness (QED) is 0.569. The van der Waals surface area contributed by atoms with E-state index in [1.165, 1.54) is 17.0 Å². The highest BCUT2D eigenvalue weighted by molar-refractivity contribution is 6.34. The molecule has 0 bridgehead atoms. The van der Waals surface area contributed by atoms with E-state index in [9.17, 15) is 27.9 Å². The minimum Gasteiger partial charge on any atom is -0.380 e. The van der Waals surface area contributed by atoms with Crippen LogP contribution in [0, 0.1) is 6.92 Å². The number of rotatable bonds is 6. The number of carbonyl (C=O) groups excluding carboxylic acids is 2. The molecule has 2 heterocycles. The second kappa shape index (κ2) is 10.7. The third-order valence-corrected chi connectivity index (χ3v) is 7.62. The lowest BCUT2D eigenvalue weighted by Crippen LogP contribution is -2.62. The van der Waals surface area contributed by atoms with Crippen molar-refractivity contribution in [3.05, 3.63) is 64.2 Å². The van der Waals surface area contributed by atoms with E-state index < -0.39 is 23.2 Å². The third kappa shape index (κ3) is 5.48. The van der Waals surface area contributed by atoms with Crippen molar-refractivity contribution >= 4 is 29.1 Å². The van der Waals surface area contributed by atoms with Crippen molar-refractivity contribution in [3.8, 4) is 0 Å². The van der Waals surface area contributed by atoms with Crippen LogP contribution in [0.3, 0.4) is 0 Å². The highest BCUT2D eigenvalue weighted by Crippen LogP contribution is 2.41. The van der Waals surface area contributed by atoms with Gasteiger partial charge >= 0.3 is 6.18 Å². The van der Waals surface area contributed by atoms with Gasteiger partial charge in [0.05, 0.1) is 16.6 Å². The summed E-state index contributed by atoms with van der Waals surface area (Å²) in [5.41, 5.74) is -2.28. The Labute approximate surface area is 225 Å². The minimum atomic E-state index is -5.15. The molecule has 2 aliphatic heterocycles. The summed E-state index contributed by atoms with van der Waals surface area (Å²) in [5.74, 6) is -1.50. The number of amides is 2. The van der Waals surface area contributed by atoms with Gasteiger partial charge in [-0.3, -0.25) is 14.5 Å². The van der Waals surface area contributed by atoms with Crippen molar-refractivity contribution in [2.24, 2.45) is 0 Å². The summed E-state index contributed by atoms with van der Waals surface area (Å²) < 4.78 is 42.0. The van der Waals surface area contributed by atoms with Gasteiger partial charge < -0.3 is 20.2 Å². The molecule has 1 atom stereocenters. The molecule has 11 heteroatoms. The lowest BCUT2D eigenvalue weighted by Gasteiger charge is -2.48. The molecule has 2 N–H and O–H groups in total. The highest BCUT2D eigenvalue weighted by atomic mass is 35.5. The van der Waals surface area contributed by atoms with Gasteiger partial charge in [0.2, 0.25) is 0 Å². The van der Waals surface area contributed by atoms with Gasteiger partial charge in [0.25, 0.3) is 17.4 Å². The lowest BCUT2D eigenvalue weighted by atomic mass is 9.89. The third-order valence-electron chi connectivity index (χ3n) is 7.31. The number of benzene rings is 2. The zero-order chi connectivity index (χ0) is 27.8. The fourth-order valence-electron chi connectivity index (χ4n) is 5.10. The first kappa shape index (κ1) is 28.2. The molecule has 2 amide bonds. The second-order valence-electron chi connectivity index (χ2n) is 10.3. The van der Waals surface area contributed by atoms with Gasteiger partial charge in [-0.05, 0) is 38.0 Å². The van der Waals surface area contributed by atoms with Crippen LogP contribution in [0.4, 0.5) is 18.9 Å². The normalized spacial score (nSPS) is 19.0. The number of hydrogen-bond donors (Lipinski definition) is 2. The number of aryl methyl sites for hydroxylation is 1. The van der Waals surface area contributed by atoms with Crippen LogP contribution in [0.1, 0.15) is 34.3 Å². The first-order valence-electron chi connectivity index (χ1n) is 12.5. The van der Waals surface area contributed by atoms with E-state index in [2.05, 4.69) is 10.2 Å². The molecule has 4 rings (SSSR count). The second-order valence-corrected chi connectivity index (χ2v) is 10.7. The molecule has 0 aromatic heterocycles. The number of halogens is 4. The fourth-order valence-corrected chi connectivity index (χ4v) is 5.36. The molecule has 2 aliphatic rings. The maximum absolute atomic E-state index is 14.0. The van der Waals surface area contributed by atoms with Crippen molar-refractivity contribution in [1.82, 2.24) is 14.7 Å². The molecule has 7 nitrogen and oxygen atoms in total. The molecule has 2 aromatic carbocycles. The van der Waals surface area contributed by atoms with E-state index in [4.69, 9.17) is 11.6 Å². The van der Waals surface area contributed by atoms with Crippen molar-refractivity contribution in [2.75, 3.05) is 45.6 Å². The summed E-state index contributed by atoms with van der Waals surface area (Å²) >= 11 is 6.29. The fraction of sp³-hybridized carbons (Fsp3) is 0.481. The lowest BCUT2D eigenvalue weighted by molar-refractivity contribution is -0.262. The predicted molar refractivity (Wildman–Crippen MR) is 139 cm³/mol. The van der Waals surface area contributed by atoms with Crippen LogP contribution in [0.2, 0.25) is 5.02 Å². The molecule has 2 aromatic rings. The Bertz CT molecular complexity index is 1190. The van der Waals surface area contributed by atoms with Crippen molar-refractivity contribution in [3.63, 3.8) is 0 Å². The maximum Gasteiger partial charge on any atom is 0.430 e. The van der Waals surface area contributed by atoms with Gasteiger partial charge in [-0.15, -0.1) is 0 Å². The maximum atomic E-state index is 14.0. The van der Waals surface area contributed by atoms with Crippen LogP contribution in [0.25, 0.3) is 0 Å². The summed E-state index contributed by atoms with van der Waals surface area (Å²) in [6.07, 6.45) is -4.10. The monoisotopic (exact) mass is 552 g/mol. The number of alkyl halides is 3. The number of nitrogens with zero attached hydrogens (tertiary/aromatic N) is 3. The van der Waals surface area contributed by atoms with Crippen LogP contribution in [-0.4, -0.2) is 90.2 Å². The molecule has 2 fully saturated rings. The summed E-state index contributed by atoms with van der Waals surface area (Å²) in [5, 5.41) is 14.5. The van der Waals surface area contributed by atoms with Gasteiger partial charge in [0.15, 0.2) is 0 Å². The van der Waals surface area contributed by atoms with E-state index in [1.807, 2.05) is 6.07 Å². The van der Waals surface area contributed by atoms with Gasteiger partial charge in [0.1, 0.15) is 0 Å². The summed E-state index contributed by atoms with van der Waals surface area (Å²) in [7, 11) is 3.32. The van der Waals surface area contributed by atoms with Crippen LogP contribution in [0.15, 0.2) is 42.5 Å². The molecule has 0 unspecified atom stereocenters. The van der Waals surface area contributed by atoms with Crippen molar-refractivity contribution < 1.29 is 27.9 Å². The molecular formula is C27H32ClF3N4O3. The van der Waals surface area contributed by atoms with Crippen LogP contribution in [-0.2, 0) is 10.4 Å². The SMILES string of the molecule is Cc1cccc([C@](O)(C(=O)N2CCC(N3CC(Nc4ccc(C(=O)N(C)C)c(Cl)c4)C3)CC2)C(F)(F)F)c1. The highest BCUT2D eigenvalue weighted by Gasteiger charge is 2.62. The molecule has 2 saturated heterocycles. The summed E-state index contributed by atoms with van der Waals surface area (Å²) in [4.78, 5) is 30.0. The number of likely N-dealkylation sites (tertiary alicyclic amines) is 2. The Kier molecular flexibility index (Phi) is 7.97. The van der Waals surface area contributed by atoms with E-state index in [0.29, 0.717) is 29.0 Å². The Morgan fingerprint density at radius 1 is 1.08 bits per heavy atom. The average Bonchev–Trinajstić information content (AvgIpc) is 2.84. The first-order valence-corrected chi connectivity index (χ1v) is 12.9. The molecule has 0 aliphatic carbocycles. The zero-order valence-corrected chi connectivity index (χ0v) is 22.3. The van der Waals surface area contributed by atoms with Gasteiger partial charge in [-0.25, -0.2) is 0 Å². The van der Waals surface area contributed by atoms with Gasteiger partial charge in [0, 0.05) is 57.6 Å². The van der Waals surface area contributed by atoms with Gasteiger partial charge in [-0.1, -0.05) is 41.4 Å². The van der Waals surface area contributed by atoms with E-state index in [-0.39, 0.29) is 31.1 Å². The topological polar surface area (TPSA) is 76.1 Å². The Balaban J connectivity index is 1.32. The molecule has 0 spiro atoms. The molecule has 0 saturated carbocycles. The minimum absolute atomic E-state index is 0.138. The summed E-state index contributed by atoms with van der Waals surface area (Å²) in [6, 6.07) is 10.9. The van der Waals surface area contributed by atoms with E-state index in [0.717, 1.165) is 29.7 Å². The van der Waals surface area contributed by atoms with Crippen molar-refractivity contribution in [2.45, 2.75) is 43.6 Å². The molecule has 206 valence electrons. The van der Waals surface area contributed by atoms with Crippen molar-refractivity contribution in [1.29, 1.82) is 0 Å². The standard InChI is InChI=1S/C27H32ClF3N4O3/c1-17-5-4-6-18(13-17)26(38,27(29,30)31)25(37)34-11-9-21(10-12-34)35-15-20(16-35)32-19-7-8-22(23(28)14-19)24(36)33(2)3/h4-8,13-14,20-21,32,38H,9-12,15-16H2,1-3H3/t26-/m0/s1. The largest absolute Gasteiger partial charge is 0.430 e. The average molecular weight is 553 g/mol. The number of piperidine rings is 1. The molecule has 38 heavy (non-hydrogen) atoms. The molecular weight excluding hydrogens is 521 g/mol. The van der Waals surface area contributed by atoms with Gasteiger partial charge in [-0.2, -0.15) is 13.2 Å². The zero-order valence-electron chi connectivity index (χ0n) is 21.6. The number of hydrogen-bond acceptors (Lipinski definition) is 5. The van der Waals surface area contributed by atoms with Crippen LogP contribution >= 0.6 is 11.6 Å². The number of carbonyl (C=O) groups is 2. The van der Waals surface area contributed by atoms with E-state index >= 15 is 0 Å². The number of anilines is 1. The van der Waals surface area contributed by atoms with Crippen LogP contribution < -0.4 is 5.32 Å². The predicted octanol–water partition coefficient (Wildman–Crippen LogP) is 3.89. The number of nitrogens with one attached hydrogen (secondary N) is 1. The van der Waals surface area contributed by atoms with E-state index in [1.54, 1.807) is 39.2 Å². The molecule has 0 radical (unpaired) electrons. The Hall–Kier alpha value is -2.82. The first-order chi connectivity index (χ1) is 17.8. The number of aliphatic hydroxyl groups is 1. The Morgan fingerprint density at radius 3 is 2.29 bits per heavy atom. The summed E-state index contributed by atoms with van der Waals surface area (Å²) in [6.45, 7) is 3.37. The van der Waals surface area contributed by atoms with Crippen LogP contribution in [0.5, 0.6) is 0 Å².